The second-order valence-electron chi connectivity index (χ2n) is 7.32. The molecule has 146 valence electrons. The van der Waals surface area contributed by atoms with E-state index >= 15 is 0 Å². The summed E-state index contributed by atoms with van der Waals surface area (Å²) in [5, 5.41) is 12.5. The first-order valence-electron chi connectivity index (χ1n) is 9.45. The minimum atomic E-state index is 0.0694. The number of rotatable bonds is 6. The Morgan fingerprint density at radius 1 is 1.26 bits per heavy atom. The third-order valence-corrected chi connectivity index (χ3v) is 6.59. The van der Waals surface area contributed by atoms with Crippen LogP contribution in [0.1, 0.15) is 33.1 Å². The first-order chi connectivity index (χ1) is 13.0. The number of carbonyl (C=O) groups is 1. The molecule has 1 amide bonds. The zero-order valence-electron chi connectivity index (χ0n) is 16.4. The predicted molar refractivity (Wildman–Crippen MR) is 108 cm³/mol. The summed E-state index contributed by atoms with van der Waals surface area (Å²) in [7, 11) is 3.57. The van der Waals surface area contributed by atoms with Crippen LogP contribution in [-0.2, 0) is 11.8 Å². The van der Waals surface area contributed by atoms with Crippen molar-refractivity contribution in [2.45, 2.75) is 44.3 Å². The van der Waals surface area contributed by atoms with Gasteiger partial charge < -0.3 is 14.6 Å². The van der Waals surface area contributed by atoms with Crippen molar-refractivity contribution in [2.24, 2.45) is 18.9 Å². The van der Waals surface area contributed by atoms with E-state index in [0.29, 0.717) is 17.6 Å². The first kappa shape index (κ1) is 19.7. The largest absolute Gasteiger partial charge is 0.497 e. The van der Waals surface area contributed by atoms with Gasteiger partial charge in [-0.3, -0.25) is 4.79 Å². The predicted octanol–water partition coefficient (Wildman–Crippen LogP) is 3.52. The van der Waals surface area contributed by atoms with E-state index in [1.807, 2.05) is 35.9 Å². The van der Waals surface area contributed by atoms with Gasteiger partial charge in [0.25, 0.3) is 0 Å². The second-order valence-corrected chi connectivity index (χ2v) is 8.27. The Morgan fingerprint density at radius 2 is 2.00 bits per heavy atom. The van der Waals surface area contributed by atoms with Crippen molar-refractivity contribution in [1.29, 1.82) is 0 Å². The van der Waals surface area contributed by atoms with Crippen molar-refractivity contribution in [3.63, 3.8) is 0 Å². The maximum absolute atomic E-state index is 12.4. The van der Waals surface area contributed by atoms with E-state index in [2.05, 4.69) is 29.4 Å². The molecule has 1 fully saturated rings. The Morgan fingerprint density at radius 3 is 2.70 bits per heavy atom. The molecule has 1 N–H and O–H groups in total. The van der Waals surface area contributed by atoms with Crippen LogP contribution in [-0.4, -0.2) is 39.6 Å². The average molecular weight is 389 g/mol. The van der Waals surface area contributed by atoms with Crippen molar-refractivity contribution in [2.75, 3.05) is 12.9 Å². The first-order valence-corrected chi connectivity index (χ1v) is 10.4. The average Bonchev–Trinajstić information content (AvgIpc) is 3.04. The standard InChI is InChI=1S/C20H28N4O2S/c1-13-6-5-7-17(14(13)2)21-18(25)12-27-20-23-22-19(24(20)3)15-8-10-16(26-4)11-9-15/h8-11,13-14,17H,5-7,12H2,1-4H3,(H,21,25)/t13-,14+,17+/m0/s1. The number of carbonyl (C=O) groups excluding carboxylic acids is 1. The summed E-state index contributed by atoms with van der Waals surface area (Å²) in [6.45, 7) is 4.52. The molecule has 0 unspecified atom stereocenters. The highest BCUT2D eigenvalue weighted by Gasteiger charge is 2.28. The zero-order chi connectivity index (χ0) is 19.4. The van der Waals surface area contributed by atoms with Gasteiger partial charge in [0.1, 0.15) is 5.75 Å². The monoisotopic (exact) mass is 388 g/mol. The Hall–Kier alpha value is -2.02. The van der Waals surface area contributed by atoms with Crippen LogP contribution in [0.2, 0.25) is 0 Å². The lowest BCUT2D eigenvalue weighted by Crippen LogP contribution is -2.44. The second kappa shape index (κ2) is 8.78. The molecular formula is C20H28N4O2S. The van der Waals surface area contributed by atoms with Crippen LogP contribution in [0, 0.1) is 11.8 Å². The van der Waals surface area contributed by atoms with Crippen molar-refractivity contribution in [3.05, 3.63) is 24.3 Å². The number of nitrogens with zero attached hydrogens (tertiary/aromatic N) is 3. The van der Waals surface area contributed by atoms with Crippen molar-refractivity contribution in [3.8, 4) is 17.1 Å². The molecule has 27 heavy (non-hydrogen) atoms. The Labute approximate surface area is 165 Å². The van der Waals surface area contributed by atoms with Crippen molar-refractivity contribution >= 4 is 17.7 Å². The van der Waals surface area contributed by atoms with Crippen LogP contribution in [0.5, 0.6) is 5.75 Å². The van der Waals surface area contributed by atoms with Gasteiger partial charge in [-0.2, -0.15) is 0 Å². The van der Waals surface area contributed by atoms with Crippen LogP contribution >= 0.6 is 11.8 Å². The summed E-state index contributed by atoms with van der Waals surface area (Å²) in [5.41, 5.74) is 0.965. The maximum Gasteiger partial charge on any atom is 0.230 e. The normalized spacial score (nSPS) is 22.4. The Bertz CT molecular complexity index is 775. The van der Waals surface area contributed by atoms with Gasteiger partial charge in [-0.1, -0.05) is 38.5 Å². The third kappa shape index (κ3) is 4.64. The number of nitrogens with one attached hydrogen (secondary N) is 1. The van der Waals surface area contributed by atoms with E-state index in [1.54, 1.807) is 7.11 Å². The molecular weight excluding hydrogens is 360 g/mol. The van der Waals surface area contributed by atoms with Crippen LogP contribution < -0.4 is 10.1 Å². The number of aromatic nitrogens is 3. The molecule has 0 aliphatic heterocycles. The number of methoxy groups -OCH3 is 1. The summed E-state index contributed by atoms with van der Waals surface area (Å²) in [6.07, 6.45) is 3.53. The fourth-order valence-corrected chi connectivity index (χ4v) is 4.32. The van der Waals surface area contributed by atoms with Crippen LogP contribution in [0.15, 0.2) is 29.4 Å². The Balaban J connectivity index is 1.58. The fraction of sp³-hybridized carbons (Fsp3) is 0.550. The quantitative estimate of drug-likeness (QED) is 0.767. The van der Waals surface area contributed by atoms with Crippen LogP contribution in [0.4, 0.5) is 0 Å². The van der Waals surface area contributed by atoms with E-state index in [9.17, 15) is 4.79 Å². The molecule has 0 spiro atoms. The molecule has 7 heteroatoms. The molecule has 0 saturated heterocycles. The fourth-order valence-electron chi connectivity index (χ4n) is 3.60. The van der Waals surface area contributed by atoms with Gasteiger partial charge in [-0.15, -0.1) is 10.2 Å². The number of ether oxygens (including phenoxy) is 1. The number of hydrogen-bond donors (Lipinski definition) is 1. The van der Waals surface area contributed by atoms with Crippen LogP contribution in [0.25, 0.3) is 11.4 Å². The van der Waals surface area contributed by atoms with E-state index < -0.39 is 0 Å². The maximum atomic E-state index is 12.4. The SMILES string of the molecule is COc1ccc(-c2nnc(SCC(=O)N[C@@H]3CCC[C@H](C)[C@H]3C)n2C)cc1. The van der Waals surface area contributed by atoms with Gasteiger partial charge in [0, 0.05) is 18.7 Å². The number of thioether (sulfide) groups is 1. The lowest BCUT2D eigenvalue weighted by Gasteiger charge is -2.34. The molecule has 1 aliphatic carbocycles. The van der Waals surface area contributed by atoms with Crippen LogP contribution in [0.3, 0.4) is 0 Å². The molecule has 2 aromatic rings. The summed E-state index contributed by atoms with van der Waals surface area (Å²) >= 11 is 1.42. The lowest BCUT2D eigenvalue weighted by molar-refractivity contribution is -0.120. The summed E-state index contributed by atoms with van der Waals surface area (Å²) in [4.78, 5) is 12.4. The third-order valence-electron chi connectivity index (χ3n) is 5.57. The van der Waals surface area contributed by atoms with Gasteiger partial charge in [-0.05, 0) is 42.5 Å². The molecule has 6 nitrogen and oxygen atoms in total. The highest BCUT2D eigenvalue weighted by atomic mass is 32.2. The minimum Gasteiger partial charge on any atom is -0.497 e. The molecule has 1 saturated carbocycles. The molecule has 1 aromatic heterocycles. The molecule has 0 radical (unpaired) electrons. The van der Waals surface area contributed by atoms with E-state index in [0.717, 1.165) is 28.7 Å². The molecule has 3 atom stereocenters. The minimum absolute atomic E-state index is 0.0694. The van der Waals surface area contributed by atoms with Gasteiger partial charge in [-0.25, -0.2) is 0 Å². The van der Waals surface area contributed by atoms with Gasteiger partial charge in [0.05, 0.1) is 12.9 Å². The van der Waals surface area contributed by atoms with Gasteiger partial charge in [0.15, 0.2) is 11.0 Å². The van der Waals surface area contributed by atoms with E-state index in [-0.39, 0.29) is 11.9 Å². The zero-order valence-corrected chi connectivity index (χ0v) is 17.3. The molecule has 1 aliphatic rings. The number of hydrogen-bond acceptors (Lipinski definition) is 5. The lowest BCUT2D eigenvalue weighted by atomic mass is 9.78. The highest BCUT2D eigenvalue weighted by Crippen LogP contribution is 2.30. The number of benzene rings is 1. The summed E-state index contributed by atoms with van der Waals surface area (Å²) in [5.74, 6) is 3.20. The summed E-state index contributed by atoms with van der Waals surface area (Å²) in [6, 6.07) is 7.99. The molecule has 3 rings (SSSR count). The van der Waals surface area contributed by atoms with E-state index in [4.69, 9.17) is 4.74 Å². The molecule has 1 aromatic carbocycles. The topological polar surface area (TPSA) is 69.0 Å². The molecule has 1 heterocycles. The van der Waals surface area contributed by atoms with Crippen molar-refractivity contribution < 1.29 is 9.53 Å². The van der Waals surface area contributed by atoms with E-state index in [1.165, 1.54) is 24.6 Å². The van der Waals surface area contributed by atoms with Gasteiger partial charge in [0.2, 0.25) is 5.91 Å². The smallest absolute Gasteiger partial charge is 0.230 e. The molecule has 0 bridgehead atoms. The number of amides is 1. The Kier molecular flexibility index (Phi) is 6.42. The van der Waals surface area contributed by atoms with Crippen molar-refractivity contribution in [1.82, 2.24) is 20.1 Å². The summed E-state index contributed by atoms with van der Waals surface area (Å²) < 4.78 is 7.11. The highest BCUT2D eigenvalue weighted by molar-refractivity contribution is 7.99. The van der Waals surface area contributed by atoms with Gasteiger partial charge >= 0.3 is 0 Å².